The summed E-state index contributed by atoms with van der Waals surface area (Å²) in [7, 11) is 0. The molecule has 0 bridgehead atoms. The van der Waals surface area contributed by atoms with E-state index in [4.69, 9.17) is 9.84 Å². The van der Waals surface area contributed by atoms with Crippen LogP contribution in [0.5, 0.6) is 0 Å². The maximum Gasteiger partial charge on any atom is 0.303 e. The summed E-state index contributed by atoms with van der Waals surface area (Å²) in [5.74, 6) is 0.490. The number of aliphatic hydroxyl groups excluding tert-OH is 1. The lowest BCUT2D eigenvalue weighted by Gasteiger charge is -2.55. The molecule has 3 saturated carbocycles. The van der Waals surface area contributed by atoms with Crippen LogP contribution < -0.4 is 0 Å². The van der Waals surface area contributed by atoms with E-state index in [1.54, 1.807) is 0 Å². The van der Waals surface area contributed by atoms with Crippen molar-refractivity contribution in [1.82, 2.24) is 0 Å². The molecule has 0 aromatic heterocycles. The first-order valence-corrected chi connectivity index (χ1v) is 11.9. The van der Waals surface area contributed by atoms with E-state index in [0.717, 1.165) is 24.7 Å². The number of aliphatic hydroxyl groups is 1. The first-order valence-electron chi connectivity index (χ1n) is 11.9. The third kappa shape index (κ3) is 3.59. The molecule has 7 atom stereocenters. The van der Waals surface area contributed by atoms with Crippen molar-refractivity contribution in [3.05, 3.63) is 11.6 Å². The molecule has 0 saturated heterocycles. The third-order valence-corrected chi connectivity index (χ3v) is 9.92. The summed E-state index contributed by atoms with van der Waals surface area (Å²) in [6, 6.07) is 0. The average molecular weight is 405 g/mol. The number of carbonyl (C=O) groups is 1. The quantitative estimate of drug-likeness (QED) is 0.573. The maximum atomic E-state index is 11.0. The van der Waals surface area contributed by atoms with E-state index in [0.29, 0.717) is 22.9 Å². The fourth-order valence-electron chi connectivity index (χ4n) is 7.69. The Balaban J connectivity index is 1.39. The molecule has 4 nitrogen and oxygen atoms in total. The number of carboxylic acid groups (broad SMARTS) is 1. The molecular weight excluding hydrogens is 364 g/mol. The van der Waals surface area contributed by atoms with E-state index >= 15 is 0 Å². The number of carboxylic acids is 1. The topological polar surface area (TPSA) is 66.8 Å². The number of rotatable bonds is 7. The molecule has 1 heterocycles. The summed E-state index contributed by atoms with van der Waals surface area (Å²) >= 11 is 0. The van der Waals surface area contributed by atoms with E-state index in [9.17, 15) is 9.90 Å². The van der Waals surface area contributed by atoms with E-state index in [1.807, 2.05) is 0 Å². The van der Waals surface area contributed by atoms with Gasteiger partial charge in [0.1, 0.15) is 0 Å². The Morgan fingerprint density at radius 3 is 2.76 bits per heavy atom. The Morgan fingerprint density at radius 2 is 2.10 bits per heavy atom. The minimum Gasteiger partial charge on any atom is -0.481 e. The highest BCUT2D eigenvalue weighted by atomic mass is 16.5. The zero-order valence-corrected chi connectivity index (χ0v) is 18.6. The van der Waals surface area contributed by atoms with E-state index in [-0.39, 0.29) is 25.0 Å². The van der Waals surface area contributed by atoms with Crippen LogP contribution in [0.4, 0.5) is 0 Å². The van der Waals surface area contributed by atoms with Gasteiger partial charge in [-0.15, -0.1) is 0 Å². The van der Waals surface area contributed by atoms with Gasteiger partial charge in [0.15, 0.2) is 0 Å². The van der Waals surface area contributed by atoms with E-state index in [2.05, 4.69) is 26.8 Å². The molecule has 3 aliphatic carbocycles. The summed E-state index contributed by atoms with van der Waals surface area (Å²) < 4.78 is 6.00. The molecule has 164 valence electrons. The standard InChI is InChI=1S/C25H40O4/c1-17-8-12-25-16-23(25,2)10-4-5-21(25)24(17,3)11-9-18-6-7-20(29-15-18)19(14-26)13-22(27)28/h6,17,19-21,26H,4-5,7-16H2,1-3H3,(H,27,28)/t17-,19?,20?,21+,23-,24-,25?/m0/s1. The van der Waals surface area contributed by atoms with Gasteiger partial charge in [0.2, 0.25) is 0 Å². The fourth-order valence-corrected chi connectivity index (χ4v) is 7.69. The molecule has 0 aromatic carbocycles. The Morgan fingerprint density at radius 1 is 1.31 bits per heavy atom. The van der Waals surface area contributed by atoms with Gasteiger partial charge in [0, 0.05) is 12.5 Å². The molecule has 29 heavy (non-hydrogen) atoms. The molecule has 3 fully saturated rings. The lowest BCUT2D eigenvalue weighted by molar-refractivity contribution is -0.140. The van der Waals surface area contributed by atoms with Gasteiger partial charge in [0.05, 0.1) is 19.1 Å². The smallest absolute Gasteiger partial charge is 0.303 e. The summed E-state index contributed by atoms with van der Waals surface area (Å²) in [5.41, 5.74) is 3.06. The van der Waals surface area contributed by atoms with Crippen molar-refractivity contribution in [3.8, 4) is 0 Å². The molecule has 1 spiro atoms. The van der Waals surface area contributed by atoms with E-state index < -0.39 is 5.97 Å². The molecule has 0 aromatic rings. The molecule has 0 amide bonds. The van der Waals surface area contributed by atoms with Gasteiger partial charge in [-0.2, -0.15) is 0 Å². The Hall–Kier alpha value is -0.870. The van der Waals surface area contributed by atoms with Crippen molar-refractivity contribution in [2.75, 3.05) is 13.2 Å². The molecule has 4 aliphatic rings. The normalized spacial score (nSPS) is 45.0. The van der Waals surface area contributed by atoms with Crippen LogP contribution in [0.3, 0.4) is 0 Å². The van der Waals surface area contributed by atoms with Gasteiger partial charge in [-0.1, -0.05) is 33.3 Å². The van der Waals surface area contributed by atoms with Crippen molar-refractivity contribution < 1.29 is 19.7 Å². The molecule has 2 N–H and O–H groups in total. The zero-order chi connectivity index (χ0) is 20.9. The molecule has 0 radical (unpaired) electrons. The highest BCUT2D eigenvalue weighted by Gasteiger charge is 2.72. The predicted molar refractivity (Wildman–Crippen MR) is 114 cm³/mol. The van der Waals surface area contributed by atoms with Gasteiger partial charge in [-0.25, -0.2) is 0 Å². The Kier molecular flexibility index (Phi) is 5.65. The Bertz CT molecular complexity index is 672. The van der Waals surface area contributed by atoms with Crippen LogP contribution in [0.15, 0.2) is 11.6 Å². The second-order valence-electron chi connectivity index (χ2n) is 11.3. The van der Waals surface area contributed by atoms with Crippen LogP contribution in [-0.2, 0) is 9.53 Å². The SMILES string of the molecule is C[C@H]1CCC23C[C@]2(C)CCC[C@@H]3[C@@]1(C)CCC1=CCC(C(CO)CC(=O)O)OC1. The lowest BCUT2D eigenvalue weighted by Crippen LogP contribution is -2.47. The first-order chi connectivity index (χ1) is 13.7. The monoisotopic (exact) mass is 404 g/mol. The molecular formula is C25H40O4. The van der Waals surface area contributed by atoms with Crippen LogP contribution in [0.25, 0.3) is 0 Å². The number of aliphatic carboxylic acids is 1. The fraction of sp³-hybridized carbons (Fsp3) is 0.880. The van der Waals surface area contributed by atoms with Crippen molar-refractivity contribution in [3.63, 3.8) is 0 Å². The summed E-state index contributed by atoms with van der Waals surface area (Å²) in [6.07, 6.45) is 13.7. The van der Waals surface area contributed by atoms with Crippen molar-refractivity contribution in [1.29, 1.82) is 0 Å². The van der Waals surface area contributed by atoms with Crippen LogP contribution >= 0.6 is 0 Å². The summed E-state index contributed by atoms with van der Waals surface area (Å²) in [6.45, 7) is 8.09. The van der Waals surface area contributed by atoms with Crippen molar-refractivity contribution >= 4 is 5.97 Å². The second kappa shape index (κ2) is 7.67. The van der Waals surface area contributed by atoms with Gasteiger partial charge in [0.25, 0.3) is 0 Å². The molecule has 4 rings (SSSR count). The van der Waals surface area contributed by atoms with Crippen molar-refractivity contribution in [2.24, 2.45) is 34.0 Å². The summed E-state index contributed by atoms with van der Waals surface area (Å²) in [4.78, 5) is 11.0. The Labute approximate surface area is 176 Å². The molecule has 3 unspecified atom stereocenters. The predicted octanol–water partition coefficient (Wildman–Crippen LogP) is 5.20. The zero-order valence-electron chi connectivity index (χ0n) is 18.6. The minimum atomic E-state index is -0.866. The van der Waals surface area contributed by atoms with E-state index in [1.165, 1.54) is 50.5 Å². The highest BCUT2D eigenvalue weighted by Crippen LogP contribution is 2.80. The number of hydrogen-bond donors (Lipinski definition) is 2. The average Bonchev–Trinajstić information content (AvgIpc) is 3.33. The van der Waals surface area contributed by atoms with Crippen LogP contribution in [0, 0.1) is 34.0 Å². The van der Waals surface area contributed by atoms with Crippen LogP contribution in [0.2, 0.25) is 0 Å². The van der Waals surface area contributed by atoms with Gasteiger partial charge >= 0.3 is 5.97 Å². The largest absolute Gasteiger partial charge is 0.481 e. The van der Waals surface area contributed by atoms with Crippen LogP contribution in [-0.4, -0.2) is 35.5 Å². The molecule has 1 aliphatic heterocycles. The first kappa shape index (κ1) is 21.4. The van der Waals surface area contributed by atoms with Gasteiger partial charge in [-0.05, 0) is 85.0 Å². The minimum absolute atomic E-state index is 0.0253. The highest BCUT2D eigenvalue weighted by molar-refractivity contribution is 5.67. The third-order valence-electron chi connectivity index (χ3n) is 9.92. The lowest BCUT2D eigenvalue weighted by atomic mass is 9.50. The second-order valence-corrected chi connectivity index (χ2v) is 11.3. The van der Waals surface area contributed by atoms with Gasteiger partial charge in [-0.3, -0.25) is 4.79 Å². The van der Waals surface area contributed by atoms with Gasteiger partial charge < -0.3 is 14.9 Å². The van der Waals surface area contributed by atoms with Crippen LogP contribution in [0.1, 0.15) is 85.0 Å². The molecule has 4 heteroatoms. The number of hydrogen-bond acceptors (Lipinski definition) is 3. The maximum absolute atomic E-state index is 11.0. The number of ether oxygens (including phenoxy) is 1. The van der Waals surface area contributed by atoms with Crippen molar-refractivity contribution in [2.45, 2.75) is 91.1 Å². The summed E-state index contributed by atoms with van der Waals surface area (Å²) in [5, 5.41) is 18.6.